The summed E-state index contributed by atoms with van der Waals surface area (Å²) in [5.74, 6) is 0. The number of para-hydroxylation sites is 1. The molecule has 0 radical (unpaired) electrons. The Morgan fingerprint density at radius 3 is 1.61 bits per heavy atom. The number of benzene rings is 7. The summed E-state index contributed by atoms with van der Waals surface area (Å²) in [4.78, 5) is 2.42. The molecule has 0 aromatic heterocycles. The third-order valence-corrected chi connectivity index (χ3v) is 9.25. The van der Waals surface area contributed by atoms with Gasteiger partial charge in [-0.15, -0.1) is 0 Å². The van der Waals surface area contributed by atoms with Crippen molar-refractivity contribution >= 4 is 27.8 Å². The van der Waals surface area contributed by atoms with Gasteiger partial charge < -0.3 is 4.90 Å². The van der Waals surface area contributed by atoms with Crippen molar-refractivity contribution < 1.29 is 0 Å². The second kappa shape index (κ2) is 10.4. The molecule has 7 aromatic carbocycles. The van der Waals surface area contributed by atoms with Gasteiger partial charge in [-0.2, -0.15) is 0 Å². The van der Waals surface area contributed by atoms with E-state index in [1.807, 2.05) is 0 Å². The normalized spacial score (nSPS) is 13.0. The average Bonchev–Trinajstić information content (AvgIpc) is 3.32. The van der Waals surface area contributed by atoms with E-state index in [9.17, 15) is 0 Å². The Bertz CT molecular complexity index is 2120. The summed E-state index contributed by atoms with van der Waals surface area (Å²) in [7, 11) is 0. The maximum absolute atomic E-state index is 2.42. The van der Waals surface area contributed by atoms with Gasteiger partial charge in [0.25, 0.3) is 0 Å². The molecule has 0 atom stereocenters. The van der Waals surface area contributed by atoms with Gasteiger partial charge in [0.05, 0.1) is 5.69 Å². The molecule has 1 nitrogen and oxygen atoms in total. The first kappa shape index (κ1) is 26.2. The molecule has 0 spiro atoms. The second-order valence-corrected chi connectivity index (χ2v) is 12.2. The lowest BCUT2D eigenvalue weighted by Crippen LogP contribution is -2.16. The average molecular weight is 564 g/mol. The van der Waals surface area contributed by atoms with Gasteiger partial charge in [0.15, 0.2) is 0 Å². The Hall–Kier alpha value is -5.40. The Balaban J connectivity index is 1.30. The Labute approximate surface area is 259 Å². The molecule has 44 heavy (non-hydrogen) atoms. The predicted molar refractivity (Wildman–Crippen MR) is 187 cm³/mol. The zero-order valence-corrected chi connectivity index (χ0v) is 25.0. The largest absolute Gasteiger partial charge is 0.310 e. The molecule has 0 bridgehead atoms. The highest BCUT2D eigenvalue weighted by atomic mass is 15.1. The molecule has 0 unspecified atom stereocenters. The molecule has 7 aromatic rings. The van der Waals surface area contributed by atoms with E-state index in [4.69, 9.17) is 0 Å². The summed E-state index contributed by atoms with van der Waals surface area (Å²) < 4.78 is 0. The number of nitrogens with zero attached hydrogens (tertiary/aromatic N) is 1. The molecular formula is C43H33N. The van der Waals surface area contributed by atoms with Crippen LogP contribution in [-0.4, -0.2) is 0 Å². The van der Waals surface area contributed by atoms with Crippen molar-refractivity contribution in [2.75, 3.05) is 4.90 Å². The first-order valence-electron chi connectivity index (χ1n) is 15.4. The van der Waals surface area contributed by atoms with E-state index in [1.54, 1.807) is 0 Å². The van der Waals surface area contributed by atoms with Crippen molar-refractivity contribution in [2.45, 2.75) is 19.3 Å². The summed E-state index contributed by atoms with van der Waals surface area (Å²) in [5, 5.41) is 2.50. The molecule has 0 N–H and O–H groups in total. The van der Waals surface area contributed by atoms with Crippen LogP contribution < -0.4 is 4.90 Å². The third kappa shape index (κ3) is 4.24. The van der Waals surface area contributed by atoms with Gasteiger partial charge in [0.2, 0.25) is 0 Å². The van der Waals surface area contributed by atoms with Gasteiger partial charge in [0, 0.05) is 22.4 Å². The fourth-order valence-corrected chi connectivity index (χ4v) is 7.05. The van der Waals surface area contributed by atoms with Crippen LogP contribution in [0.4, 0.5) is 17.1 Å². The molecule has 0 amide bonds. The van der Waals surface area contributed by atoms with E-state index in [0.717, 1.165) is 11.4 Å². The maximum atomic E-state index is 2.42. The predicted octanol–water partition coefficient (Wildman–Crippen LogP) is 11.9. The molecule has 8 rings (SSSR count). The quantitative estimate of drug-likeness (QED) is 0.201. The summed E-state index contributed by atoms with van der Waals surface area (Å²) in [6.07, 6.45) is 0. The highest BCUT2D eigenvalue weighted by Gasteiger charge is 2.37. The van der Waals surface area contributed by atoms with Gasteiger partial charge >= 0.3 is 0 Å². The Morgan fingerprint density at radius 2 is 0.932 bits per heavy atom. The van der Waals surface area contributed by atoms with Gasteiger partial charge in [-0.05, 0) is 92.2 Å². The summed E-state index contributed by atoms with van der Waals surface area (Å²) in [6.45, 7) is 4.69. The maximum Gasteiger partial charge on any atom is 0.0543 e. The van der Waals surface area contributed by atoms with Crippen molar-refractivity contribution in [1.29, 1.82) is 0 Å². The van der Waals surface area contributed by atoms with Crippen LogP contribution in [0.1, 0.15) is 25.0 Å². The Kier molecular flexibility index (Phi) is 6.20. The zero-order valence-electron chi connectivity index (χ0n) is 25.0. The third-order valence-electron chi connectivity index (χ3n) is 9.25. The van der Waals surface area contributed by atoms with E-state index in [2.05, 4.69) is 183 Å². The molecular weight excluding hydrogens is 530 g/mol. The molecule has 0 aliphatic heterocycles. The molecule has 0 heterocycles. The van der Waals surface area contributed by atoms with Crippen LogP contribution in [0.5, 0.6) is 0 Å². The number of rotatable bonds is 5. The fraction of sp³-hybridized carbons (Fsp3) is 0.0698. The molecule has 210 valence electrons. The summed E-state index contributed by atoms with van der Waals surface area (Å²) >= 11 is 0. The number of anilines is 3. The van der Waals surface area contributed by atoms with E-state index >= 15 is 0 Å². The van der Waals surface area contributed by atoms with Crippen molar-refractivity contribution in [2.24, 2.45) is 0 Å². The van der Waals surface area contributed by atoms with Crippen LogP contribution in [0, 0.1) is 0 Å². The lowest BCUT2D eigenvalue weighted by Gasteiger charge is -2.29. The molecule has 0 saturated carbocycles. The standard InChI is InChI=1S/C43H33N/c1-43(2)39-21-12-11-20-36(39)42-40(43)22-13-23-41(42)44(34-18-7-4-8-19-34)35-26-24-31(25-27-35)38-29-33-17-10-9-16-32(33)28-37(38)30-14-5-3-6-15-30/h3-29H,1-2H3. The van der Waals surface area contributed by atoms with Crippen molar-refractivity contribution in [3.8, 4) is 33.4 Å². The van der Waals surface area contributed by atoms with Crippen molar-refractivity contribution in [3.63, 3.8) is 0 Å². The van der Waals surface area contributed by atoms with Crippen LogP contribution in [-0.2, 0) is 5.41 Å². The summed E-state index contributed by atoms with van der Waals surface area (Å²) in [5.41, 5.74) is 13.7. The fourth-order valence-electron chi connectivity index (χ4n) is 7.05. The first-order valence-corrected chi connectivity index (χ1v) is 15.4. The van der Waals surface area contributed by atoms with E-state index in [-0.39, 0.29) is 5.41 Å². The smallest absolute Gasteiger partial charge is 0.0543 e. The molecule has 1 heteroatoms. The first-order chi connectivity index (χ1) is 21.6. The number of hydrogen-bond donors (Lipinski definition) is 0. The minimum atomic E-state index is -0.0575. The molecule has 1 aliphatic carbocycles. The Morgan fingerprint density at radius 1 is 0.409 bits per heavy atom. The molecule has 0 fully saturated rings. The van der Waals surface area contributed by atoms with Crippen LogP contribution >= 0.6 is 0 Å². The second-order valence-electron chi connectivity index (χ2n) is 12.2. The minimum Gasteiger partial charge on any atom is -0.310 e. The van der Waals surface area contributed by atoms with Crippen molar-refractivity contribution in [3.05, 3.63) is 175 Å². The minimum absolute atomic E-state index is 0.0575. The topological polar surface area (TPSA) is 3.24 Å². The SMILES string of the molecule is CC1(C)c2ccccc2-c2c(N(c3ccccc3)c3ccc(-c4cc5ccccc5cc4-c4ccccc4)cc3)cccc21. The number of hydrogen-bond acceptors (Lipinski definition) is 1. The zero-order chi connectivity index (χ0) is 29.7. The van der Waals surface area contributed by atoms with E-state index in [0.29, 0.717) is 0 Å². The van der Waals surface area contributed by atoms with Gasteiger partial charge in [0.1, 0.15) is 0 Å². The summed E-state index contributed by atoms with van der Waals surface area (Å²) in [6, 6.07) is 59.6. The highest BCUT2D eigenvalue weighted by Crippen LogP contribution is 2.54. The van der Waals surface area contributed by atoms with Crippen molar-refractivity contribution in [1.82, 2.24) is 0 Å². The van der Waals surface area contributed by atoms with Crippen LogP contribution in [0.3, 0.4) is 0 Å². The molecule has 0 saturated heterocycles. The van der Waals surface area contributed by atoms with Gasteiger partial charge in [-0.25, -0.2) is 0 Å². The van der Waals surface area contributed by atoms with Crippen LogP contribution in [0.25, 0.3) is 44.2 Å². The van der Waals surface area contributed by atoms with Gasteiger partial charge in [-0.1, -0.05) is 135 Å². The highest BCUT2D eigenvalue weighted by molar-refractivity contribution is 5.98. The number of fused-ring (bicyclic) bond motifs is 4. The van der Waals surface area contributed by atoms with E-state index in [1.165, 1.54) is 61.0 Å². The van der Waals surface area contributed by atoms with E-state index < -0.39 is 0 Å². The lowest BCUT2D eigenvalue weighted by molar-refractivity contribution is 0.660. The lowest BCUT2D eigenvalue weighted by atomic mass is 9.82. The molecule has 1 aliphatic rings. The van der Waals surface area contributed by atoms with Crippen LogP contribution in [0.2, 0.25) is 0 Å². The van der Waals surface area contributed by atoms with Crippen LogP contribution in [0.15, 0.2) is 164 Å². The monoisotopic (exact) mass is 563 g/mol. The van der Waals surface area contributed by atoms with Gasteiger partial charge in [-0.3, -0.25) is 0 Å².